The molecule has 0 fully saturated rings. The van der Waals surface area contributed by atoms with Gasteiger partial charge in [-0.15, -0.1) is 0 Å². The summed E-state index contributed by atoms with van der Waals surface area (Å²) in [6, 6.07) is 1.20. The van der Waals surface area contributed by atoms with Gasteiger partial charge in [-0.1, -0.05) is 26.3 Å². The van der Waals surface area contributed by atoms with Crippen molar-refractivity contribution in [3.63, 3.8) is 0 Å². The average Bonchev–Trinajstić information content (AvgIpc) is 2.60. The molecule has 0 aromatic heterocycles. The van der Waals surface area contributed by atoms with Gasteiger partial charge in [-0.3, -0.25) is 0 Å². The summed E-state index contributed by atoms with van der Waals surface area (Å²) in [7, 11) is -0.948. The van der Waals surface area contributed by atoms with Gasteiger partial charge in [0.05, 0.1) is 19.1 Å². The van der Waals surface area contributed by atoms with Crippen LogP contribution < -0.4 is 9.46 Å². The van der Waals surface area contributed by atoms with E-state index >= 15 is 0 Å². The number of aryl methyl sites for hydroxylation is 1. The molecule has 0 aliphatic carbocycles. The van der Waals surface area contributed by atoms with Gasteiger partial charge in [-0.2, -0.15) is 0 Å². The van der Waals surface area contributed by atoms with E-state index in [9.17, 15) is 13.2 Å². The highest BCUT2D eigenvalue weighted by atomic mass is 32.2. The minimum atomic E-state index is -3.79. The zero-order valence-electron chi connectivity index (χ0n) is 16.5. The Morgan fingerprint density at radius 3 is 2.35 bits per heavy atom. The third-order valence-corrected chi connectivity index (χ3v) is 6.40. The molecule has 7 heteroatoms. The van der Waals surface area contributed by atoms with Crippen molar-refractivity contribution in [1.82, 2.24) is 4.72 Å². The number of hydrogen-bond acceptors (Lipinski definition) is 5. The topological polar surface area (TPSA) is 81.7 Å². The lowest BCUT2D eigenvalue weighted by Crippen LogP contribution is -2.38. The molecular weight excluding hydrogens is 354 g/mol. The van der Waals surface area contributed by atoms with Crippen molar-refractivity contribution in [2.45, 2.75) is 52.0 Å². The summed E-state index contributed by atoms with van der Waals surface area (Å²) >= 11 is 0. The fraction of sp³-hybridized carbons (Fsp3) is 0.526. The molecule has 0 unspecified atom stereocenters. The number of sulfonamides is 1. The largest absolute Gasteiger partial charge is 0.496 e. The van der Waals surface area contributed by atoms with Crippen LogP contribution in [0.3, 0.4) is 0 Å². The highest BCUT2D eigenvalue weighted by Gasteiger charge is 2.27. The second kappa shape index (κ2) is 9.19. The molecule has 1 aromatic rings. The molecule has 0 saturated heterocycles. The predicted octanol–water partition coefficient (Wildman–Crippen LogP) is 3.04. The van der Waals surface area contributed by atoms with E-state index in [1.165, 1.54) is 13.2 Å². The standard InChI is InChI=1S/C19H29NO5S/c1-8-12(2)16(9-10-18(21)25-7)20-26(22,23)19-13(3)11-17(24-6)14(4)15(19)5/h9-12,16,20H,8H2,1-7H3/b10-9+/t12-,16+/m0/s1. The molecule has 0 spiro atoms. The molecule has 1 N–H and O–H groups in total. The van der Waals surface area contributed by atoms with Crippen LogP contribution in [0.25, 0.3) is 0 Å². The van der Waals surface area contributed by atoms with Gasteiger partial charge >= 0.3 is 5.97 Å². The quantitative estimate of drug-likeness (QED) is 0.551. The molecule has 1 rings (SSSR count). The van der Waals surface area contributed by atoms with E-state index in [1.54, 1.807) is 33.1 Å². The molecule has 26 heavy (non-hydrogen) atoms. The van der Waals surface area contributed by atoms with Crippen LogP contribution in [-0.4, -0.2) is 34.6 Å². The molecule has 0 amide bonds. The maximum absolute atomic E-state index is 13.1. The predicted molar refractivity (Wildman–Crippen MR) is 102 cm³/mol. The summed E-state index contributed by atoms with van der Waals surface area (Å²) in [5.41, 5.74) is 2.04. The molecule has 1 aromatic carbocycles. The van der Waals surface area contributed by atoms with E-state index in [-0.39, 0.29) is 10.8 Å². The minimum Gasteiger partial charge on any atom is -0.496 e. The number of carbonyl (C=O) groups is 1. The summed E-state index contributed by atoms with van der Waals surface area (Å²) in [6.45, 7) is 9.23. The Hall–Kier alpha value is -1.86. The highest BCUT2D eigenvalue weighted by molar-refractivity contribution is 7.89. The second-order valence-corrected chi connectivity index (χ2v) is 8.04. The molecule has 0 bridgehead atoms. The van der Waals surface area contributed by atoms with Gasteiger partial charge in [0.15, 0.2) is 0 Å². The van der Waals surface area contributed by atoms with Gasteiger partial charge in [0.25, 0.3) is 0 Å². The van der Waals surface area contributed by atoms with Gasteiger partial charge in [0.2, 0.25) is 10.0 Å². The molecule has 6 nitrogen and oxygen atoms in total. The first-order chi connectivity index (χ1) is 12.1. The van der Waals surface area contributed by atoms with Crippen LogP contribution in [0, 0.1) is 26.7 Å². The van der Waals surface area contributed by atoms with Crippen molar-refractivity contribution in [2.75, 3.05) is 14.2 Å². The maximum atomic E-state index is 13.1. The van der Waals surface area contributed by atoms with Gasteiger partial charge in [-0.25, -0.2) is 17.9 Å². The lowest BCUT2D eigenvalue weighted by atomic mass is 10.00. The molecular formula is C19H29NO5S. The first kappa shape index (κ1) is 22.2. The van der Waals surface area contributed by atoms with Crippen molar-refractivity contribution in [1.29, 1.82) is 0 Å². The SMILES string of the molecule is CC[C@H](C)[C@@H](/C=C/C(=O)OC)NS(=O)(=O)c1c(C)cc(OC)c(C)c1C. The summed E-state index contributed by atoms with van der Waals surface area (Å²) in [4.78, 5) is 11.6. The normalized spacial score (nSPS) is 14.3. The maximum Gasteiger partial charge on any atom is 0.330 e. The highest BCUT2D eigenvalue weighted by Crippen LogP contribution is 2.30. The number of nitrogens with one attached hydrogen (secondary N) is 1. The van der Waals surface area contributed by atoms with Crippen molar-refractivity contribution < 1.29 is 22.7 Å². The van der Waals surface area contributed by atoms with Crippen LogP contribution >= 0.6 is 0 Å². The number of carbonyl (C=O) groups excluding carboxylic acids is 1. The van der Waals surface area contributed by atoms with E-state index in [2.05, 4.69) is 9.46 Å². The number of methoxy groups -OCH3 is 2. The Bertz CT molecular complexity index is 784. The zero-order chi connectivity index (χ0) is 20.1. The van der Waals surface area contributed by atoms with E-state index in [4.69, 9.17) is 4.74 Å². The van der Waals surface area contributed by atoms with Gasteiger partial charge in [0.1, 0.15) is 5.75 Å². The average molecular weight is 384 g/mol. The lowest BCUT2D eigenvalue weighted by molar-refractivity contribution is -0.134. The molecule has 2 atom stereocenters. The fourth-order valence-electron chi connectivity index (χ4n) is 2.73. The molecule has 0 saturated carbocycles. The Morgan fingerprint density at radius 1 is 1.23 bits per heavy atom. The summed E-state index contributed by atoms with van der Waals surface area (Å²) in [5, 5.41) is 0. The molecule has 0 aliphatic heterocycles. The third kappa shape index (κ3) is 5.08. The lowest BCUT2D eigenvalue weighted by Gasteiger charge is -2.23. The Morgan fingerprint density at radius 2 is 1.85 bits per heavy atom. The van der Waals surface area contributed by atoms with Crippen LogP contribution in [0.2, 0.25) is 0 Å². The minimum absolute atomic E-state index is 0.00522. The summed E-state index contributed by atoms with van der Waals surface area (Å²) in [5.74, 6) is 0.138. The van der Waals surface area contributed by atoms with Crippen LogP contribution in [-0.2, 0) is 19.6 Å². The van der Waals surface area contributed by atoms with Crippen molar-refractivity contribution in [2.24, 2.45) is 5.92 Å². The van der Waals surface area contributed by atoms with Crippen LogP contribution in [0.1, 0.15) is 37.0 Å². The monoisotopic (exact) mass is 383 g/mol. The first-order valence-corrected chi connectivity index (χ1v) is 10.0. The first-order valence-electron chi connectivity index (χ1n) is 8.52. The number of benzene rings is 1. The van der Waals surface area contributed by atoms with Gasteiger partial charge in [-0.05, 0) is 49.4 Å². The number of ether oxygens (including phenoxy) is 2. The van der Waals surface area contributed by atoms with E-state index in [0.29, 0.717) is 16.9 Å². The Kier molecular flexibility index (Phi) is 7.84. The zero-order valence-corrected chi connectivity index (χ0v) is 17.4. The van der Waals surface area contributed by atoms with Crippen LogP contribution in [0.15, 0.2) is 23.1 Å². The third-order valence-electron chi connectivity index (χ3n) is 4.66. The molecule has 0 heterocycles. The number of hydrogen-bond donors (Lipinski definition) is 1. The fourth-order valence-corrected chi connectivity index (χ4v) is 4.56. The van der Waals surface area contributed by atoms with Crippen LogP contribution in [0.5, 0.6) is 5.75 Å². The second-order valence-electron chi connectivity index (χ2n) is 6.39. The van der Waals surface area contributed by atoms with Crippen molar-refractivity contribution in [3.05, 3.63) is 34.9 Å². The van der Waals surface area contributed by atoms with Gasteiger partial charge < -0.3 is 9.47 Å². The molecule has 0 aliphatic rings. The Balaban J connectivity index is 3.33. The van der Waals surface area contributed by atoms with Crippen LogP contribution in [0.4, 0.5) is 0 Å². The smallest absolute Gasteiger partial charge is 0.330 e. The van der Waals surface area contributed by atoms with E-state index in [1.807, 2.05) is 20.8 Å². The molecule has 146 valence electrons. The van der Waals surface area contributed by atoms with E-state index < -0.39 is 22.0 Å². The van der Waals surface area contributed by atoms with Gasteiger partial charge in [0, 0.05) is 12.1 Å². The van der Waals surface area contributed by atoms with Crippen molar-refractivity contribution >= 4 is 16.0 Å². The summed E-state index contributed by atoms with van der Waals surface area (Å²) < 4.78 is 38.8. The van der Waals surface area contributed by atoms with Crippen molar-refractivity contribution in [3.8, 4) is 5.75 Å². The van der Waals surface area contributed by atoms with E-state index in [0.717, 1.165) is 12.0 Å². The summed E-state index contributed by atoms with van der Waals surface area (Å²) in [6.07, 6.45) is 3.54. The molecule has 0 radical (unpaired) electrons. The number of esters is 1. The Labute approximate surface area is 156 Å². The number of rotatable bonds is 8.